The number of hydrogen-bond acceptors (Lipinski definition) is 3. The van der Waals surface area contributed by atoms with Gasteiger partial charge in [0.15, 0.2) is 5.84 Å². The number of nitrogens with one attached hydrogen (secondary N) is 1. The summed E-state index contributed by atoms with van der Waals surface area (Å²) in [5.74, 6) is -2.49. The maximum atomic E-state index is 14.1. The quantitative estimate of drug-likeness (QED) is 0.351. The van der Waals surface area contributed by atoms with Gasteiger partial charge in [0.1, 0.15) is 17.5 Å². The van der Waals surface area contributed by atoms with Gasteiger partial charge in [0.05, 0.1) is 5.56 Å². The average Bonchev–Trinajstić information content (AvgIpc) is 2.44. The Morgan fingerprint density at radius 3 is 2.43 bits per heavy atom. The molecule has 0 heterocycles. The van der Waals surface area contributed by atoms with Crippen molar-refractivity contribution in [3.8, 4) is 0 Å². The van der Waals surface area contributed by atoms with Crippen molar-refractivity contribution in [2.45, 2.75) is 6.54 Å². The molecule has 0 spiro atoms. The van der Waals surface area contributed by atoms with E-state index in [9.17, 15) is 13.2 Å². The van der Waals surface area contributed by atoms with Crippen molar-refractivity contribution >= 4 is 11.5 Å². The summed E-state index contributed by atoms with van der Waals surface area (Å²) in [6, 6.07) is 7.29. The van der Waals surface area contributed by atoms with E-state index in [0.717, 1.165) is 18.2 Å². The third-order valence-corrected chi connectivity index (χ3v) is 2.81. The number of halogens is 3. The van der Waals surface area contributed by atoms with Crippen molar-refractivity contribution in [2.24, 2.45) is 10.9 Å². The topological polar surface area (TPSA) is 70.6 Å². The number of anilines is 1. The smallest absolute Gasteiger partial charge is 0.173 e. The fourth-order valence-electron chi connectivity index (χ4n) is 1.82. The van der Waals surface area contributed by atoms with Gasteiger partial charge in [-0.1, -0.05) is 17.3 Å². The Balaban J connectivity index is 2.20. The molecular weight excluding hydrogens is 283 g/mol. The number of oxime groups is 1. The highest BCUT2D eigenvalue weighted by atomic mass is 19.1. The molecule has 0 aliphatic carbocycles. The first-order chi connectivity index (χ1) is 10.0. The largest absolute Gasteiger partial charge is 0.409 e. The molecular formula is C14H12F3N3O. The van der Waals surface area contributed by atoms with Gasteiger partial charge in [0, 0.05) is 23.9 Å². The Morgan fingerprint density at radius 2 is 1.81 bits per heavy atom. The lowest BCUT2D eigenvalue weighted by Gasteiger charge is -2.10. The highest BCUT2D eigenvalue weighted by molar-refractivity contribution is 5.97. The summed E-state index contributed by atoms with van der Waals surface area (Å²) in [4.78, 5) is 0. The molecule has 0 bridgehead atoms. The molecule has 0 aliphatic rings. The maximum Gasteiger partial charge on any atom is 0.173 e. The van der Waals surface area contributed by atoms with Gasteiger partial charge in [-0.3, -0.25) is 0 Å². The van der Waals surface area contributed by atoms with Crippen molar-refractivity contribution < 1.29 is 18.4 Å². The van der Waals surface area contributed by atoms with Crippen molar-refractivity contribution in [3.63, 3.8) is 0 Å². The first kappa shape index (κ1) is 14.7. The van der Waals surface area contributed by atoms with Gasteiger partial charge in [-0.25, -0.2) is 13.2 Å². The third kappa shape index (κ3) is 3.44. The van der Waals surface area contributed by atoms with E-state index < -0.39 is 17.5 Å². The van der Waals surface area contributed by atoms with Crippen LogP contribution in [0.2, 0.25) is 0 Å². The number of benzene rings is 2. The zero-order valence-electron chi connectivity index (χ0n) is 10.8. The van der Waals surface area contributed by atoms with Crippen molar-refractivity contribution in [3.05, 3.63) is 65.0 Å². The minimum absolute atomic E-state index is 0.0126. The molecule has 0 amide bonds. The van der Waals surface area contributed by atoms with Crippen LogP contribution in [0.1, 0.15) is 11.1 Å². The lowest BCUT2D eigenvalue weighted by atomic mass is 10.1. The van der Waals surface area contributed by atoms with E-state index in [1.54, 1.807) is 0 Å². The number of nitrogens with two attached hydrogens (primary N) is 1. The molecule has 0 aromatic heterocycles. The molecule has 2 rings (SSSR count). The van der Waals surface area contributed by atoms with Crippen LogP contribution in [0.25, 0.3) is 0 Å². The van der Waals surface area contributed by atoms with Gasteiger partial charge in [0.25, 0.3) is 0 Å². The van der Waals surface area contributed by atoms with E-state index in [0.29, 0.717) is 0 Å². The highest BCUT2D eigenvalue weighted by Gasteiger charge is 2.11. The van der Waals surface area contributed by atoms with E-state index in [1.165, 1.54) is 18.2 Å². The molecule has 0 saturated carbocycles. The normalized spacial score (nSPS) is 11.5. The fraction of sp³-hybridized carbons (Fsp3) is 0.0714. The average molecular weight is 295 g/mol. The lowest BCUT2D eigenvalue weighted by Crippen LogP contribution is -2.16. The molecule has 4 nitrogen and oxygen atoms in total. The van der Waals surface area contributed by atoms with E-state index in [1.807, 2.05) is 0 Å². The summed E-state index contributed by atoms with van der Waals surface area (Å²) in [6.45, 7) is -0.0126. The monoisotopic (exact) mass is 295 g/mol. The number of nitrogens with zero attached hydrogens (tertiary/aromatic N) is 1. The van der Waals surface area contributed by atoms with Gasteiger partial charge >= 0.3 is 0 Å². The van der Waals surface area contributed by atoms with Gasteiger partial charge in [-0.15, -0.1) is 0 Å². The van der Waals surface area contributed by atoms with Gasteiger partial charge < -0.3 is 16.3 Å². The van der Waals surface area contributed by atoms with Gasteiger partial charge in [0.2, 0.25) is 0 Å². The molecule has 0 aliphatic heterocycles. The molecule has 0 radical (unpaired) electrons. The minimum atomic E-state index is -0.733. The van der Waals surface area contributed by atoms with Crippen LogP contribution in [-0.4, -0.2) is 11.0 Å². The predicted molar refractivity (Wildman–Crippen MR) is 72.6 cm³/mol. The molecule has 21 heavy (non-hydrogen) atoms. The zero-order chi connectivity index (χ0) is 15.4. The first-order valence-electron chi connectivity index (χ1n) is 5.96. The summed E-state index contributed by atoms with van der Waals surface area (Å²) in [7, 11) is 0. The summed E-state index contributed by atoms with van der Waals surface area (Å²) < 4.78 is 40.2. The molecule has 7 heteroatoms. The van der Waals surface area contributed by atoms with Crippen molar-refractivity contribution in [1.29, 1.82) is 0 Å². The predicted octanol–water partition coefficient (Wildman–Crippen LogP) is 2.81. The Morgan fingerprint density at radius 1 is 1.14 bits per heavy atom. The second-order valence-electron chi connectivity index (χ2n) is 4.28. The van der Waals surface area contributed by atoms with Crippen LogP contribution in [0.15, 0.2) is 41.6 Å². The Hall–Kier alpha value is -2.70. The first-order valence-corrected chi connectivity index (χ1v) is 5.96. The molecule has 0 unspecified atom stereocenters. The molecule has 110 valence electrons. The zero-order valence-corrected chi connectivity index (χ0v) is 10.8. The summed E-state index contributed by atoms with van der Waals surface area (Å²) in [5, 5.41) is 14.0. The minimum Gasteiger partial charge on any atom is -0.409 e. The molecule has 0 atom stereocenters. The summed E-state index contributed by atoms with van der Waals surface area (Å²) in [5.41, 5.74) is 5.69. The van der Waals surface area contributed by atoms with Crippen LogP contribution in [0, 0.1) is 17.5 Å². The van der Waals surface area contributed by atoms with Crippen molar-refractivity contribution in [1.82, 2.24) is 0 Å². The second-order valence-corrected chi connectivity index (χ2v) is 4.28. The molecule has 2 aromatic rings. The SMILES string of the molecule is N/C(=N/O)c1cccc(CNc2cc(F)cc(F)c2)c1F. The summed E-state index contributed by atoms with van der Waals surface area (Å²) >= 11 is 0. The van der Waals surface area contributed by atoms with Crippen LogP contribution in [0.4, 0.5) is 18.9 Å². The van der Waals surface area contributed by atoms with E-state index in [2.05, 4.69) is 10.5 Å². The van der Waals surface area contributed by atoms with E-state index >= 15 is 0 Å². The molecule has 0 saturated heterocycles. The highest BCUT2D eigenvalue weighted by Crippen LogP contribution is 2.17. The van der Waals surface area contributed by atoms with Crippen LogP contribution in [0.5, 0.6) is 0 Å². The third-order valence-electron chi connectivity index (χ3n) is 2.81. The van der Waals surface area contributed by atoms with Crippen LogP contribution in [-0.2, 0) is 6.54 Å². The molecule has 4 N–H and O–H groups in total. The van der Waals surface area contributed by atoms with Crippen LogP contribution < -0.4 is 11.1 Å². The Labute approximate surface area is 118 Å². The second kappa shape index (κ2) is 6.17. The van der Waals surface area contributed by atoms with E-state index in [4.69, 9.17) is 10.9 Å². The lowest BCUT2D eigenvalue weighted by molar-refractivity contribution is 0.318. The Bertz CT molecular complexity index is 669. The Kier molecular flexibility index (Phi) is 4.32. The fourth-order valence-corrected chi connectivity index (χ4v) is 1.82. The number of hydrogen-bond donors (Lipinski definition) is 3. The van der Waals surface area contributed by atoms with Crippen LogP contribution >= 0.6 is 0 Å². The van der Waals surface area contributed by atoms with Gasteiger partial charge in [-0.2, -0.15) is 0 Å². The summed E-state index contributed by atoms with van der Waals surface area (Å²) in [6.07, 6.45) is 0. The number of amidine groups is 1. The van der Waals surface area contributed by atoms with Crippen LogP contribution in [0.3, 0.4) is 0 Å². The van der Waals surface area contributed by atoms with E-state index in [-0.39, 0.29) is 29.2 Å². The van der Waals surface area contributed by atoms with Gasteiger partial charge in [-0.05, 0) is 18.2 Å². The molecule has 0 fully saturated rings. The standard InChI is InChI=1S/C14H12F3N3O/c15-9-4-10(16)6-11(5-9)19-7-8-2-1-3-12(13(8)17)14(18)20-21/h1-6,19,21H,7H2,(H2,18,20). The maximum absolute atomic E-state index is 14.1. The molecule has 2 aromatic carbocycles. The van der Waals surface area contributed by atoms with Crippen molar-refractivity contribution in [2.75, 3.05) is 5.32 Å². The number of rotatable bonds is 4.